The molecule has 0 aromatic heterocycles. The van der Waals surface area contributed by atoms with Crippen molar-refractivity contribution in [3.05, 3.63) is 28.8 Å². The lowest BCUT2D eigenvalue weighted by molar-refractivity contribution is 0.341. The Bertz CT molecular complexity index is 546. The smallest absolute Gasteiger partial charge is 0.242 e. The van der Waals surface area contributed by atoms with Crippen molar-refractivity contribution >= 4 is 21.6 Å². The molecule has 0 aliphatic carbocycles. The van der Waals surface area contributed by atoms with Crippen molar-refractivity contribution in [3.8, 4) is 0 Å². The second-order valence-electron chi connectivity index (χ2n) is 4.92. The highest BCUT2D eigenvalue weighted by Gasteiger charge is 2.31. The number of benzene rings is 1. The Labute approximate surface area is 126 Å². The van der Waals surface area contributed by atoms with E-state index in [9.17, 15) is 8.42 Å². The van der Waals surface area contributed by atoms with Gasteiger partial charge in [0.1, 0.15) is 4.90 Å². The molecular formula is C14H23ClN2O2S. The van der Waals surface area contributed by atoms with Gasteiger partial charge in [-0.05, 0) is 37.0 Å². The van der Waals surface area contributed by atoms with Gasteiger partial charge in [0.25, 0.3) is 0 Å². The van der Waals surface area contributed by atoms with Gasteiger partial charge in [0, 0.05) is 12.1 Å². The fourth-order valence-corrected chi connectivity index (χ4v) is 4.38. The summed E-state index contributed by atoms with van der Waals surface area (Å²) >= 11 is 6.08. The molecule has 0 heterocycles. The molecule has 0 aliphatic rings. The fourth-order valence-electron chi connectivity index (χ4n) is 2.20. The van der Waals surface area contributed by atoms with Gasteiger partial charge < -0.3 is 5.73 Å². The van der Waals surface area contributed by atoms with Gasteiger partial charge in [-0.15, -0.1) is 0 Å². The van der Waals surface area contributed by atoms with Gasteiger partial charge in [-0.25, -0.2) is 13.1 Å². The van der Waals surface area contributed by atoms with Gasteiger partial charge in [0.2, 0.25) is 10.0 Å². The summed E-state index contributed by atoms with van der Waals surface area (Å²) in [4.78, 5) is 0.107. The molecule has 1 aromatic carbocycles. The topological polar surface area (TPSA) is 72.2 Å². The Kier molecular flexibility index (Phi) is 6.01. The normalized spacial score (nSPS) is 12.7. The van der Waals surface area contributed by atoms with Crippen molar-refractivity contribution in [2.75, 3.05) is 0 Å². The van der Waals surface area contributed by atoms with Crippen LogP contribution in [-0.2, 0) is 16.6 Å². The van der Waals surface area contributed by atoms with Gasteiger partial charge in [-0.3, -0.25) is 0 Å². The van der Waals surface area contributed by atoms with Crippen LogP contribution in [-0.4, -0.2) is 14.0 Å². The van der Waals surface area contributed by atoms with Crippen LogP contribution in [0.3, 0.4) is 0 Å². The first-order chi connectivity index (χ1) is 9.34. The van der Waals surface area contributed by atoms with E-state index in [1.54, 1.807) is 12.1 Å². The maximum Gasteiger partial charge on any atom is 0.242 e. The number of rotatable bonds is 7. The van der Waals surface area contributed by atoms with Crippen LogP contribution in [0.1, 0.15) is 45.6 Å². The van der Waals surface area contributed by atoms with Crippen LogP contribution in [0.15, 0.2) is 23.1 Å². The Morgan fingerprint density at radius 1 is 1.20 bits per heavy atom. The summed E-state index contributed by atoms with van der Waals surface area (Å²) in [6.45, 7) is 6.27. The average molecular weight is 319 g/mol. The zero-order valence-corrected chi connectivity index (χ0v) is 13.8. The molecule has 6 heteroatoms. The van der Waals surface area contributed by atoms with Gasteiger partial charge in [0.15, 0.2) is 0 Å². The Balaban J connectivity index is 3.17. The zero-order valence-electron chi connectivity index (χ0n) is 12.2. The van der Waals surface area contributed by atoms with E-state index in [4.69, 9.17) is 17.3 Å². The summed E-state index contributed by atoms with van der Waals surface area (Å²) in [5, 5.41) is 0.206. The molecule has 114 valence electrons. The van der Waals surface area contributed by atoms with Crippen LogP contribution in [0, 0.1) is 0 Å². The zero-order chi connectivity index (χ0) is 15.4. The van der Waals surface area contributed by atoms with Crippen molar-refractivity contribution in [3.63, 3.8) is 0 Å². The van der Waals surface area contributed by atoms with Crippen molar-refractivity contribution in [2.45, 2.75) is 57.0 Å². The molecule has 1 rings (SSSR count). The first kappa shape index (κ1) is 17.4. The molecule has 0 bridgehead atoms. The van der Waals surface area contributed by atoms with E-state index in [-0.39, 0.29) is 9.92 Å². The Morgan fingerprint density at radius 2 is 1.75 bits per heavy atom. The maximum atomic E-state index is 12.5. The van der Waals surface area contributed by atoms with Crippen LogP contribution in [0.25, 0.3) is 0 Å². The minimum Gasteiger partial charge on any atom is -0.326 e. The monoisotopic (exact) mass is 318 g/mol. The molecule has 0 spiro atoms. The molecule has 0 atom stereocenters. The van der Waals surface area contributed by atoms with E-state index in [1.807, 2.05) is 20.8 Å². The molecule has 0 saturated heterocycles. The van der Waals surface area contributed by atoms with Gasteiger partial charge >= 0.3 is 0 Å². The van der Waals surface area contributed by atoms with E-state index in [0.29, 0.717) is 6.54 Å². The van der Waals surface area contributed by atoms with Crippen molar-refractivity contribution in [1.29, 1.82) is 0 Å². The van der Waals surface area contributed by atoms with Crippen LogP contribution in [0.4, 0.5) is 0 Å². The number of hydrogen-bond donors (Lipinski definition) is 2. The van der Waals surface area contributed by atoms with E-state index in [2.05, 4.69) is 4.72 Å². The summed E-state index contributed by atoms with van der Waals surface area (Å²) in [7, 11) is -3.63. The summed E-state index contributed by atoms with van der Waals surface area (Å²) in [5.41, 5.74) is 5.91. The van der Waals surface area contributed by atoms with Crippen molar-refractivity contribution < 1.29 is 8.42 Å². The number of sulfonamides is 1. The second kappa shape index (κ2) is 6.89. The average Bonchev–Trinajstić information content (AvgIpc) is 2.44. The molecule has 0 radical (unpaired) electrons. The first-order valence-electron chi connectivity index (χ1n) is 6.86. The first-order valence-corrected chi connectivity index (χ1v) is 8.72. The molecule has 1 aromatic rings. The maximum absolute atomic E-state index is 12.5. The standard InChI is InChI=1S/C14H23ClN2O2S/c1-4-14(5-2,6-3)17-20(18,19)13-8-7-11(10-16)9-12(13)15/h7-9,17H,4-6,10,16H2,1-3H3. The minimum absolute atomic E-state index is 0.107. The van der Waals surface area contributed by atoms with Crippen molar-refractivity contribution in [2.24, 2.45) is 5.73 Å². The van der Waals surface area contributed by atoms with E-state index < -0.39 is 15.6 Å². The molecule has 0 amide bonds. The molecule has 3 N–H and O–H groups in total. The molecule has 0 unspecified atom stereocenters. The molecule has 0 fully saturated rings. The second-order valence-corrected chi connectivity index (χ2v) is 6.97. The number of nitrogens with two attached hydrogens (primary N) is 1. The lowest BCUT2D eigenvalue weighted by atomic mass is 9.91. The third kappa shape index (κ3) is 3.73. The highest BCUT2D eigenvalue weighted by molar-refractivity contribution is 7.89. The minimum atomic E-state index is -3.63. The van der Waals surface area contributed by atoms with Gasteiger partial charge in [-0.2, -0.15) is 0 Å². The highest BCUT2D eigenvalue weighted by Crippen LogP contribution is 2.27. The summed E-state index contributed by atoms with van der Waals surface area (Å²) in [6.07, 6.45) is 2.20. The lowest BCUT2D eigenvalue weighted by Gasteiger charge is -2.31. The molecule has 4 nitrogen and oxygen atoms in total. The lowest BCUT2D eigenvalue weighted by Crippen LogP contribution is -2.47. The van der Waals surface area contributed by atoms with E-state index >= 15 is 0 Å². The SMILES string of the molecule is CCC(CC)(CC)NS(=O)(=O)c1ccc(CN)cc1Cl. The molecular weight excluding hydrogens is 296 g/mol. The number of hydrogen-bond acceptors (Lipinski definition) is 3. The third-order valence-corrected chi connectivity index (χ3v) is 5.96. The molecule has 0 saturated carbocycles. The quantitative estimate of drug-likeness (QED) is 0.811. The predicted octanol–water partition coefficient (Wildman–Crippen LogP) is 3.05. The Hall–Kier alpha value is -0.620. The number of halogens is 1. The Morgan fingerprint density at radius 3 is 2.15 bits per heavy atom. The van der Waals surface area contributed by atoms with E-state index in [1.165, 1.54) is 6.07 Å². The number of nitrogens with one attached hydrogen (secondary N) is 1. The largest absolute Gasteiger partial charge is 0.326 e. The van der Waals surface area contributed by atoms with Crippen molar-refractivity contribution in [1.82, 2.24) is 4.72 Å². The molecule has 20 heavy (non-hydrogen) atoms. The van der Waals surface area contributed by atoms with Crippen LogP contribution < -0.4 is 10.5 Å². The summed E-state index contributed by atoms with van der Waals surface area (Å²) in [6, 6.07) is 4.80. The van der Waals surface area contributed by atoms with Crippen LogP contribution in [0.5, 0.6) is 0 Å². The van der Waals surface area contributed by atoms with Gasteiger partial charge in [0.05, 0.1) is 5.02 Å². The summed E-state index contributed by atoms with van der Waals surface area (Å²) in [5.74, 6) is 0. The summed E-state index contributed by atoms with van der Waals surface area (Å²) < 4.78 is 27.8. The van der Waals surface area contributed by atoms with Crippen LogP contribution in [0.2, 0.25) is 5.02 Å². The molecule has 0 aliphatic heterocycles. The highest BCUT2D eigenvalue weighted by atomic mass is 35.5. The predicted molar refractivity (Wildman–Crippen MR) is 83.3 cm³/mol. The van der Waals surface area contributed by atoms with Crippen LogP contribution >= 0.6 is 11.6 Å². The van der Waals surface area contributed by atoms with E-state index in [0.717, 1.165) is 24.8 Å². The fraction of sp³-hybridized carbons (Fsp3) is 0.571. The van der Waals surface area contributed by atoms with Gasteiger partial charge in [-0.1, -0.05) is 38.4 Å². The third-order valence-electron chi connectivity index (χ3n) is 3.90.